The lowest BCUT2D eigenvalue weighted by atomic mass is 10.2. The number of ether oxygens (including phenoxy) is 1. The first-order chi connectivity index (χ1) is 12.1. The number of hydrogen-bond donors (Lipinski definition) is 0. The molecule has 0 aliphatic carbocycles. The molecular weight excluding hydrogens is 350 g/mol. The van der Waals surface area contributed by atoms with Gasteiger partial charge in [0.2, 0.25) is 0 Å². The molecule has 3 aromatic rings. The smallest absolute Gasteiger partial charge is 0.338 e. The number of benzene rings is 1. The van der Waals surface area contributed by atoms with E-state index in [0.717, 1.165) is 0 Å². The van der Waals surface area contributed by atoms with Gasteiger partial charge in [-0.1, -0.05) is 0 Å². The lowest BCUT2D eigenvalue weighted by Gasteiger charge is -2.04. The number of esters is 1. The Balaban J connectivity index is 1.69. The van der Waals surface area contributed by atoms with E-state index in [4.69, 9.17) is 13.6 Å². The number of thioether (sulfide) groups is 1. The molecule has 0 saturated carbocycles. The molecule has 10 heteroatoms. The zero-order valence-corrected chi connectivity index (χ0v) is 13.7. The molecular formula is C15H11N3O6S. The van der Waals surface area contributed by atoms with E-state index in [1.807, 2.05) is 0 Å². The molecule has 0 spiro atoms. The van der Waals surface area contributed by atoms with Gasteiger partial charge in [0.25, 0.3) is 17.5 Å². The fourth-order valence-electron chi connectivity index (χ4n) is 1.98. The summed E-state index contributed by atoms with van der Waals surface area (Å²) in [5.41, 5.74) is -0.0879. The molecule has 0 aliphatic heterocycles. The fraction of sp³-hybridized carbons (Fsp3) is 0.133. The van der Waals surface area contributed by atoms with Gasteiger partial charge in [-0.05, 0) is 30.5 Å². The summed E-state index contributed by atoms with van der Waals surface area (Å²) in [7, 11) is 0. The van der Waals surface area contributed by atoms with Crippen LogP contribution in [0.2, 0.25) is 0 Å². The van der Waals surface area contributed by atoms with Crippen LogP contribution in [0, 0.1) is 10.1 Å². The lowest BCUT2D eigenvalue weighted by Crippen LogP contribution is -2.06. The standard InChI is InChI=1S/C15H11N3O6S/c1-25-12-5-4-9(7-10(12)18(20)21)15(19)23-8-13-16-17-14(24-13)11-3-2-6-22-11/h2-7H,8H2,1H3. The Morgan fingerprint density at radius 1 is 1.36 bits per heavy atom. The van der Waals surface area contributed by atoms with E-state index in [9.17, 15) is 14.9 Å². The predicted octanol–water partition coefficient (Wildman–Crippen LogP) is 3.32. The average Bonchev–Trinajstić information content (AvgIpc) is 3.30. The zero-order valence-electron chi connectivity index (χ0n) is 12.9. The number of carbonyl (C=O) groups excluding carboxylic acids is 1. The highest BCUT2D eigenvalue weighted by Gasteiger charge is 2.19. The van der Waals surface area contributed by atoms with E-state index in [2.05, 4.69) is 10.2 Å². The van der Waals surface area contributed by atoms with E-state index in [-0.39, 0.29) is 29.6 Å². The third-order valence-electron chi connectivity index (χ3n) is 3.14. The van der Waals surface area contributed by atoms with Gasteiger partial charge in [-0.3, -0.25) is 10.1 Å². The largest absolute Gasteiger partial charge is 0.459 e. The molecule has 2 heterocycles. The summed E-state index contributed by atoms with van der Waals surface area (Å²) in [5, 5.41) is 18.6. The van der Waals surface area contributed by atoms with Crippen LogP contribution in [0.3, 0.4) is 0 Å². The van der Waals surface area contributed by atoms with Crippen LogP contribution in [0.15, 0.2) is 50.3 Å². The molecule has 128 valence electrons. The summed E-state index contributed by atoms with van der Waals surface area (Å²) in [4.78, 5) is 23.0. The van der Waals surface area contributed by atoms with Gasteiger partial charge in [0.1, 0.15) is 0 Å². The minimum Gasteiger partial charge on any atom is -0.459 e. The average molecular weight is 361 g/mol. The van der Waals surface area contributed by atoms with Crippen molar-refractivity contribution in [2.24, 2.45) is 0 Å². The Labute approximate surface area is 145 Å². The normalized spacial score (nSPS) is 10.6. The van der Waals surface area contributed by atoms with E-state index < -0.39 is 10.9 Å². The number of nitrogens with zero attached hydrogens (tertiary/aromatic N) is 3. The number of rotatable bonds is 6. The monoisotopic (exact) mass is 361 g/mol. The summed E-state index contributed by atoms with van der Waals surface area (Å²) in [6, 6.07) is 7.46. The fourth-order valence-corrected chi connectivity index (χ4v) is 2.53. The first-order valence-electron chi connectivity index (χ1n) is 6.94. The molecule has 0 fully saturated rings. The van der Waals surface area contributed by atoms with Crippen molar-refractivity contribution in [2.75, 3.05) is 6.26 Å². The van der Waals surface area contributed by atoms with Gasteiger partial charge < -0.3 is 13.6 Å². The van der Waals surface area contributed by atoms with Gasteiger partial charge in [-0.15, -0.1) is 22.0 Å². The molecule has 0 unspecified atom stereocenters. The zero-order chi connectivity index (χ0) is 17.8. The van der Waals surface area contributed by atoms with Crippen LogP contribution in [-0.4, -0.2) is 27.3 Å². The third kappa shape index (κ3) is 3.69. The van der Waals surface area contributed by atoms with Gasteiger partial charge in [-0.2, -0.15) is 0 Å². The lowest BCUT2D eigenvalue weighted by molar-refractivity contribution is -0.387. The van der Waals surface area contributed by atoms with Crippen molar-refractivity contribution in [3.05, 3.63) is 58.2 Å². The maximum absolute atomic E-state index is 12.1. The van der Waals surface area contributed by atoms with Crippen LogP contribution in [0.1, 0.15) is 16.2 Å². The van der Waals surface area contributed by atoms with E-state index in [0.29, 0.717) is 10.7 Å². The van der Waals surface area contributed by atoms with E-state index in [1.165, 1.54) is 36.2 Å². The van der Waals surface area contributed by atoms with Crippen molar-refractivity contribution >= 4 is 23.4 Å². The molecule has 0 saturated heterocycles. The van der Waals surface area contributed by atoms with Gasteiger partial charge in [0.05, 0.1) is 21.6 Å². The van der Waals surface area contributed by atoms with Crippen molar-refractivity contribution in [2.45, 2.75) is 11.5 Å². The summed E-state index contributed by atoms with van der Waals surface area (Å²) >= 11 is 1.22. The van der Waals surface area contributed by atoms with Crippen LogP contribution in [-0.2, 0) is 11.3 Å². The highest BCUT2D eigenvalue weighted by molar-refractivity contribution is 7.98. The molecule has 25 heavy (non-hydrogen) atoms. The molecule has 0 amide bonds. The molecule has 1 aromatic carbocycles. The Bertz CT molecular complexity index is 906. The van der Waals surface area contributed by atoms with E-state index >= 15 is 0 Å². The summed E-state index contributed by atoms with van der Waals surface area (Å²) in [6.07, 6.45) is 3.18. The van der Waals surface area contributed by atoms with Crippen molar-refractivity contribution in [3.8, 4) is 11.7 Å². The van der Waals surface area contributed by atoms with Crippen molar-refractivity contribution in [1.29, 1.82) is 0 Å². The number of furan rings is 1. The Morgan fingerprint density at radius 2 is 2.20 bits per heavy atom. The van der Waals surface area contributed by atoms with Gasteiger partial charge in [-0.25, -0.2) is 4.79 Å². The minimum absolute atomic E-state index is 0.0651. The predicted molar refractivity (Wildman–Crippen MR) is 86.0 cm³/mol. The minimum atomic E-state index is -0.728. The summed E-state index contributed by atoms with van der Waals surface area (Å²) < 4.78 is 15.5. The number of carbonyl (C=O) groups is 1. The molecule has 0 radical (unpaired) electrons. The summed E-state index contributed by atoms with van der Waals surface area (Å²) in [6.45, 7) is -0.259. The molecule has 0 atom stereocenters. The first kappa shape index (κ1) is 16.7. The maximum Gasteiger partial charge on any atom is 0.338 e. The second-order valence-corrected chi connectivity index (χ2v) is 5.55. The highest BCUT2D eigenvalue weighted by atomic mass is 32.2. The molecule has 0 aliphatic rings. The highest BCUT2D eigenvalue weighted by Crippen LogP contribution is 2.28. The second kappa shape index (κ2) is 7.18. The molecule has 0 N–H and O–H groups in total. The van der Waals surface area contributed by atoms with Gasteiger partial charge >= 0.3 is 5.97 Å². The Morgan fingerprint density at radius 3 is 2.88 bits per heavy atom. The number of hydrogen-bond acceptors (Lipinski definition) is 9. The number of aromatic nitrogens is 2. The molecule has 9 nitrogen and oxygen atoms in total. The van der Waals surface area contributed by atoms with Crippen molar-refractivity contribution in [1.82, 2.24) is 10.2 Å². The maximum atomic E-state index is 12.1. The number of nitro benzene ring substituents is 1. The van der Waals surface area contributed by atoms with Crippen LogP contribution >= 0.6 is 11.8 Å². The van der Waals surface area contributed by atoms with Gasteiger partial charge in [0.15, 0.2) is 12.4 Å². The summed E-state index contributed by atoms with van der Waals surface area (Å²) in [5.74, 6) is -0.0900. The molecule has 2 aromatic heterocycles. The molecule has 3 rings (SSSR count). The van der Waals surface area contributed by atoms with Crippen LogP contribution in [0.4, 0.5) is 5.69 Å². The number of nitro groups is 1. The quantitative estimate of drug-likeness (QED) is 0.281. The van der Waals surface area contributed by atoms with Crippen molar-refractivity contribution in [3.63, 3.8) is 0 Å². The first-order valence-corrected chi connectivity index (χ1v) is 8.17. The third-order valence-corrected chi connectivity index (χ3v) is 3.92. The van der Waals surface area contributed by atoms with Crippen LogP contribution in [0.25, 0.3) is 11.7 Å². The SMILES string of the molecule is CSc1ccc(C(=O)OCc2nnc(-c3ccco3)o2)cc1[N+](=O)[O-]. The van der Waals surface area contributed by atoms with Crippen molar-refractivity contribution < 1.29 is 23.3 Å². The van der Waals surface area contributed by atoms with E-state index in [1.54, 1.807) is 18.4 Å². The Hall–Kier alpha value is -3.14. The van der Waals surface area contributed by atoms with Gasteiger partial charge in [0, 0.05) is 6.07 Å². The topological polar surface area (TPSA) is 122 Å². The second-order valence-electron chi connectivity index (χ2n) is 4.70. The van der Waals surface area contributed by atoms with Crippen LogP contribution < -0.4 is 0 Å². The Kier molecular flexibility index (Phi) is 4.80. The molecule has 0 bridgehead atoms. The van der Waals surface area contributed by atoms with Crippen LogP contribution in [0.5, 0.6) is 0 Å².